The van der Waals surface area contributed by atoms with E-state index in [2.05, 4.69) is 5.32 Å². The fraction of sp³-hybridized carbons (Fsp3) is 0.333. The van der Waals surface area contributed by atoms with E-state index >= 15 is 0 Å². The number of hydrogen-bond acceptors (Lipinski definition) is 6. The van der Waals surface area contributed by atoms with Crippen molar-refractivity contribution < 1.29 is 9.72 Å². The number of amides is 1. The highest BCUT2D eigenvalue weighted by Crippen LogP contribution is 2.39. The van der Waals surface area contributed by atoms with Crippen LogP contribution in [0.25, 0.3) is 6.08 Å². The summed E-state index contributed by atoms with van der Waals surface area (Å²) in [5.41, 5.74) is 0.733. The van der Waals surface area contributed by atoms with Crippen molar-refractivity contribution in [1.29, 1.82) is 0 Å². The van der Waals surface area contributed by atoms with E-state index in [0.29, 0.717) is 24.9 Å². The molecule has 1 amide bonds. The number of thiocarbonyl (C=S) groups is 1. The second-order valence-corrected chi connectivity index (χ2v) is 8.42. The minimum atomic E-state index is -0.355. The quantitative estimate of drug-likeness (QED) is 0.374. The number of nitro groups is 1. The first-order valence-corrected chi connectivity index (χ1v) is 9.33. The third-order valence-electron chi connectivity index (χ3n) is 3.72. The zero-order valence-corrected chi connectivity index (χ0v) is 14.6. The maximum Gasteiger partial charge on any atom is 0.283 e. The minimum Gasteiger partial charge on any atom is -0.307 e. The molecule has 120 valence electrons. The molecule has 2 aliphatic rings. The lowest BCUT2D eigenvalue weighted by molar-refractivity contribution is -0.387. The summed E-state index contributed by atoms with van der Waals surface area (Å²) in [6.45, 7) is 0. The van der Waals surface area contributed by atoms with E-state index in [4.69, 9.17) is 12.2 Å². The standard InChI is InChI=1S/C15H14N2O3S3/c18-14-13(23-15(21)16-14)8-9-5-6-12(11(7-9)17(19)20)22-10-3-1-2-4-10/h5-8,10H,1-4H2,(H,16,18,21)/b13-8-. The third-order valence-corrected chi connectivity index (χ3v) is 6.28. The first-order valence-electron chi connectivity index (χ1n) is 7.23. The lowest BCUT2D eigenvalue weighted by atomic mass is 10.2. The Hall–Kier alpha value is -1.38. The molecular weight excluding hydrogens is 352 g/mol. The van der Waals surface area contributed by atoms with Crippen molar-refractivity contribution in [1.82, 2.24) is 5.32 Å². The minimum absolute atomic E-state index is 0.0993. The average molecular weight is 366 g/mol. The normalized spacial score (nSPS) is 20.3. The molecule has 0 bridgehead atoms. The summed E-state index contributed by atoms with van der Waals surface area (Å²) in [7, 11) is 0. The van der Waals surface area contributed by atoms with Gasteiger partial charge in [0, 0.05) is 11.3 Å². The van der Waals surface area contributed by atoms with Crippen molar-refractivity contribution in [3.8, 4) is 0 Å². The molecule has 1 saturated heterocycles. The molecule has 0 atom stereocenters. The third kappa shape index (κ3) is 3.94. The molecule has 1 aliphatic heterocycles. The summed E-state index contributed by atoms with van der Waals surface area (Å²) in [5.74, 6) is -0.257. The summed E-state index contributed by atoms with van der Waals surface area (Å²) < 4.78 is 0.407. The predicted molar refractivity (Wildman–Crippen MR) is 97.5 cm³/mol. The Bertz CT molecular complexity index is 712. The molecule has 1 aliphatic carbocycles. The zero-order chi connectivity index (χ0) is 16.4. The topological polar surface area (TPSA) is 72.2 Å². The van der Waals surface area contributed by atoms with Gasteiger partial charge in [0.25, 0.3) is 11.6 Å². The van der Waals surface area contributed by atoms with E-state index in [1.807, 2.05) is 6.07 Å². The van der Waals surface area contributed by atoms with Crippen LogP contribution in [0, 0.1) is 10.1 Å². The van der Waals surface area contributed by atoms with E-state index in [1.165, 1.54) is 30.7 Å². The van der Waals surface area contributed by atoms with Gasteiger partial charge in [-0.1, -0.05) is 42.9 Å². The molecule has 3 rings (SSSR count). The molecule has 23 heavy (non-hydrogen) atoms. The molecule has 0 unspecified atom stereocenters. The average Bonchev–Trinajstić information content (AvgIpc) is 3.10. The van der Waals surface area contributed by atoms with E-state index in [9.17, 15) is 14.9 Å². The van der Waals surface area contributed by atoms with Gasteiger partial charge in [0.15, 0.2) is 0 Å². The molecule has 2 fully saturated rings. The molecule has 1 N–H and O–H groups in total. The predicted octanol–water partition coefficient (Wildman–Crippen LogP) is 4.12. The van der Waals surface area contributed by atoms with Gasteiger partial charge >= 0.3 is 0 Å². The summed E-state index contributed by atoms with van der Waals surface area (Å²) in [6, 6.07) is 5.12. The number of carbonyl (C=O) groups excluding carboxylic acids is 1. The van der Waals surface area contributed by atoms with Gasteiger partial charge < -0.3 is 5.32 Å². The largest absolute Gasteiger partial charge is 0.307 e. The van der Waals surface area contributed by atoms with Crippen molar-refractivity contribution >= 4 is 57.7 Å². The monoisotopic (exact) mass is 366 g/mol. The summed E-state index contributed by atoms with van der Waals surface area (Å²) in [6.07, 6.45) is 6.25. The molecular formula is C15H14N2O3S3. The summed E-state index contributed by atoms with van der Waals surface area (Å²) in [5, 5.41) is 14.4. The second kappa shape index (κ2) is 7.02. The van der Waals surface area contributed by atoms with Gasteiger partial charge in [-0.3, -0.25) is 14.9 Å². The molecule has 1 heterocycles. The highest BCUT2D eigenvalue weighted by atomic mass is 32.2. The smallest absolute Gasteiger partial charge is 0.283 e. The van der Waals surface area contributed by atoms with Crippen molar-refractivity contribution in [2.24, 2.45) is 0 Å². The Balaban J connectivity index is 1.87. The number of thioether (sulfide) groups is 2. The molecule has 1 saturated carbocycles. The van der Waals surface area contributed by atoms with Gasteiger partial charge in [-0.2, -0.15) is 0 Å². The van der Waals surface area contributed by atoms with Crippen LogP contribution in [0.2, 0.25) is 0 Å². The molecule has 1 aromatic carbocycles. The summed E-state index contributed by atoms with van der Waals surface area (Å²) in [4.78, 5) is 23.8. The van der Waals surface area contributed by atoms with Crippen LogP contribution in [0.1, 0.15) is 31.2 Å². The van der Waals surface area contributed by atoms with E-state index in [0.717, 1.165) is 12.8 Å². The van der Waals surface area contributed by atoms with Gasteiger partial charge in [-0.05, 0) is 30.5 Å². The Morgan fingerprint density at radius 1 is 1.39 bits per heavy atom. The van der Waals surface area contributed by atoms with Crippen LogP contribution >= 0.6 is 35.7 Å². The number of nitrogens with zero attached hydrogens (tertiary/aromatic N) is 1. The number of rotatable bonds is 4. The van der Waals surface area contributed by atoms with Crippen LogP contribution in [0.15, 0.2) is 28.0 Å². The van der Waals surface area contributed by atoms with E-state index < -0.39 is 0 Å². The molecule has 5 nitrogen and oxygen atoms in total. The number of hydrogen-bond donors (Lipinski definition) is 1. The van der Waals surface area contributed by atoms with E-state index in [1.54, 1.807) is 23.9 Å². The first kappa shape index (κ1) is 16.5. The molecule has 1 aromatic rings. The molecule has 0 aromatic heterocycles. The Labute approximate surface area is 147 Å². The number of carbonyl (C=O) groups is 1. The number of nitro benzene ring substituents is 1. The maximum absolute atomic E-state index is 11.7. The van der Waals surface area contributed by atoms with Crippen LogP contribution in [0.5, 0.6) is 0 Å². The SMILES string of the molecule is O=C1NC(=S)S/C1=C\c1ccc(SC2CCCC2)c([N+](=O)[O-])c1. The van der Waals surface area contributed by atoms with Crippen molar-refractivity contribution in [3.05, 3.63) is 38.8 Å². The second-order valence-electron chi connectivity index (χ2n) is 5.36. The van der Waals surface area contributed by atoms with Crippen LogP contribution in [-0.4, -0.2) is 20.4 Å². The fourth-order valence-electron chi connectivity index (χ4n) is 2.62. The highest BCUT2D eigenvalue weighted by molar-refractivity contribution is 8.26. The van der Waals surface area contributed by atoms with Gasteiger partial charge in [0.2, 0.25) is 0 Å². The van der Waals surface area contributed by atoms with Crippen molar-refractivity contribution in [2.75, 3.05) is 0 Å². The Morgan fingerprint density at radius 2 is 2.13 bits per heavy atom. The molecule has 0 radical (unpaired) electrons. The van der Waals surface area contributed by atoms with Crippen molar-refractivity contribution in [2.45, 2.75) is 35.8 Å². The van der Waals surface area contributed by atoms with Crippen LogP contribution in [0.4, 0.5) is 5.69 Å². The lowest BCUT2D eigenvalue weighted by Crippen LogP contribution is -2.17. The highest BCUT2D eigenvalue weighted by Gasteiger charge is 2.24. The number of benzene rings is 1. The molecule has 8 heteroatoms. The molecule has 0 spiro atoms. The first-order chi connectivity index (χ1) is 11.0. The van der Waals surface area contributed by atoms with Gasteiger partial charge in [-0.15, -0.1) is 11.8 Å². The van der Waals surface area contributed by atoms with Crippen LogP contribution in [0.3, 0.4) is 0 Å². The van der Waals surface area contributed by atoms with Gasteiger partial charge in [0.1, 0.15) is 4.32 Å². The van der Waals surface area contributed by atoms with Gasteiger partial charge in [0.05, 0.1) is 14.7 Å². The van der Waals surface area contributed by atoms with Gasteiger partial charge in [-0.25, -0.2) is 0 Å². The number of nitrogens with one attached hydrogen (secondary N) is 1. The Morgan fingerprint density at radius 3 is 2.74 bits per heavy atom. The van der Waals surface area contributed by atoms with E-state index in [-0.39, 0.29) is 16.5 Å². The fourth-order valence-corrected chi connectivity index (χ4v) is 5.00. The van der Waals surface area contributed by atoms with Crippen LogP contribution < -0.4 is 5.32 Å². The maximum atomic E-state index is 11.7. The van der Waals surface area contributed by atoms with Crippen molar-refractivity contribution in [3.63, 3.8) is 0 Å². The zero-order valence-electron chi connectivity index (χ0n) is 12.1. The Kier molecular flexibility index (Phi) is 5.03. The van der Waals surface area contributed by atoms with Crippen LogP contribution in [-0.2, 0) is 4.79 Å². The lowest BCUT2D eigenvalue weighted by Gasteiger charge is -2.09. The summed E-state index contributed by atoms with van der Waals surface area (Å²) >= 11 is 7.70.